The van der Waals surface area contributed by atoms with E-state index < -0.39 is 0 Å². The minimum absolute atomic E-state index is 0.0383. The Morgan fingerprint density at radius 3 is 2.46 bits per heavy atom. The summed E-state index contributed by atoms with van der Waals surface area (Å²) in [4.78, 5) is 30.5. The molecule has 0 bridgehead atoms. The minimum Gasteiger partial charge on any atom is -0.341 e. The van der Waals surface area contributed by atoms with Crippen molar-refractivity contribution in [2.24, 2.45) is 0 Å². The number of aryl methyl sites for hydroxylation is 1. The molecule has 1 saturated heterocycles. The van der Waals surface area contributed by atoms with Crippen LogP contribution in [0.25, 0.3) is 5.69 Å². The first-order valence-electron chi connectivity index (χ1n) is 12.8. The summed E-state index contributed by atoms with van der Waals surface area (Å²) in [7, 11) is 0. The highest BCUT2D eigenvalue weighted by atomic mass is 32.2. The number of fused-ring (bicyclic) bond motifs is 1. The maximum atomic E-state index is 14.4. The van der Waals surface area contributed by atoms with Gasteiger partial charge in [-0.3, -0.25) is 14.5 Å². The first-order chi connectivity index (χ1) is 17.6. The Labute approximate surface area is 221 Å². The van der Waals surface area contributed by atoms with Crippen molar-refractivity contribution in [2.75, 3.05) is 30.3 Å². The zero-order chi connectivity index (χ0) is 26.3. The summed E-state index contributed by atoms with van der Waals surface area (Å²) < 4.78 is 16.2. The molecule has 2 amide bonds. The van der Waals surface area contributed by atoms with E-state index in [1.54, 1.807) is 11.0 Å². The number of aromatic nitrogens is 2. The van der Waals surface area contributed by atoms with Crippen LogP contribution in [-0.4, -0.2) is 51.9 Å². The van der Waals surface area contributed by atoms with E-state index in [-0.39, 0.29) is 40.6 Å². The van der Waals surface area contributed by atoms with Crippen LogP contribution in [0.2, 0.25) is 0 Å². The maximum Gasteiger partial charge on any atom is 0.242 e. The molecule has 0 spiro atoms. The highest BCUT2D eigenvalue weighted by Gasteiger charge is 2.40. The summed E-state index contributed by atoms with van der Waals surface area (Å²) in [5.74, 6) is 0.261. The Bertz CT molecular complexity index is 1320. The van der Waals surface area contributed by atoms with Gasteiger partial charge in [-0.25, -0.2) is 9.07 Å². The number of anilines is 1. The lowest BCUT2D eigenvalue weighted by molar-refractivity contribution is -0.130. The van der Waals surface area contributed by atoms with Crippen molar-refractivity contribution in [2.45, 2.75) is 51.2 Å². The van der Waals surface area contributed by atoms with Crippen molar-refractivity contribution in [1.82, 2.24) is 14.7 Å². The van der Waals surface area contributed by atoms with E-state index in [0.717, 1.165) is 54.0 Å². The second-order valence-electron chi connectivity index (χ2n) is 10.9. The number of amides is 2. The highest BCUT2D eigenvalue weighted by molar-refractivity contribution is 8.00. The van der Waals surface area contributed by atoms with Gasteiger partial charge in [0.25, 0.3) is 0 Å². The third-order valence-electron chi connectivity index (χ3n) is 6.98. The molecular weight excluding hydrogens is 487 g/mol. The van der Waals surface area contributed by atoms with Gasteiger partial charge in [-0.1, -0.05) is 50.6 Å². The van der Waals surface area contributed by atoms with E-state index in [4.69, 9.17) is 5.10 Å². The van der Waals surface area contributed by atoms with Gasteiger partial charge in [0.2, 0.25) is 11.8 Å². The van der Waals surface area contributed by atoms with Crippen molar-refractivity contribution < 1.29 is 14.0 Å². The molecule has 0 radical (unpaired) electrons. The predicted molar refractivity (Wildman–Crippen MR) is 146 cm³/mol. The number of hydrogen-bond donors (Lipinski definition) is 0. The van der Waals surface area contributed by atoms with Gasteiger partial charge in [-0.05, 0) is 49.6 Å². The average Bonchev–Trinajstić information content (AvgIpc) is 3.49. The highest BCUT2D eigenvalue weighted by Crippen LogP contribution is 2.48. The summed E-state index contributed by atoms with van der Waals surface area (Å²) in [6, 6.07) is 14.5. The van der Waals surface area contributed by atoms with Crippen molar-refractivity contribution >= 4 is 29.4 Å². The molecule has 0 N–H and O–H groups in total. The number of thioether (sulfide) groups is 1. The lowest BCUT2D eigenvalue weighted by Crippen LogP contribution is -2.43. The Morgan fingerprint density at radius 2 is 1.81 bits per heavy atom. The normalized spacial score (nSPS) is 18.2. The molecule has 3 aromatic rings. The molecule has 194 valence electrons. The van der Waals surface area contributed by atoms with Crippen molar-refractivity contribution in [1.29, 1.82) is 0 Å². The maximum absolute atomic E-state index is 14.4. The van der Waals surface area contributed by atoms with Gasteiger partial charge in [-0.2, -0.15) is 5.10 Å². The molecule has 2 aliphatic heterocycles. The number of nitrogens with zero attached hydrogens (tertiary/aromatic N) is 4. The Balaban J connectivity index is 1.75. The molecule has 3 heterocycles. The molecule has 2 aromatic carbocycles. The summed E-state index contributed by atoms with van der Waals surface area (Å²) in [5, 5.41) is 4.77. The predicted octanol–water partition coefficient (Wildman–Crippen LogP) is 5.41. The van der Waals surface area contributed by atoms with Crippen LogP contribution < -0.4 is 4.90 Å². The number of benzene rings is 2. The standard InChI is InChI=1S/C29H33FN4O2S/c1-19-10-12-22(13-11-19)34-28-25(27(31-34)29(2,3)4)26(20-8-7-9-21(30)16-20)37-18-24(36)33(28)17-23(35)32-14-5-6-15-32/h7-13,16,26H,5-6,14-15,17-18H2,1-4H3/t26-/m0/s1. The molecule has 0 saturated carbocycles. The van der Waals surface area contributed by atoms with Gasteiger partial charge in [-0.15, -0.1) is 11.8 Å². The van der Waals surface area contributed by atoms with Crippen LogP contribution >= 0.6 is 11.8 Å². The van der Waals surface area contributed by atoms with Gasteiger partial charge in [0.1, 0.15) is 18.2 Å². The molecule has 2 aliphatic rings. The molecule has 1 fully saturated rings. The summed E-state index contributed by atoms with van der Waals surface area (Å²) in [6.07, 6.45) is 1.97. The van der Waals surface area contributed by atoms with Crippen LogP contribution in [0, 0.1) is 12.7 Å². The van der Waals surface area contributed by atoms with Gasteiger partial charge < -0.3 is 4.90 Å². The molecule has 8 heteroatoms. The van der Waals surface area contributed by atoms with Gasteiger partial charge in [0.05, 0.1) is 22.4 Å². The Hall–Kier alpha value is -3.13. The number of hydrogen-bond acceptors (Lipinski definition) is 4. The third-order valence-corrected chi connectivity index (χ3v) is 8.24. The summed E-state index contributed by atoms with van der Waals surface area (Å²) in [6.45, 7) is 9.70. The molecule has 37 heavy (non-hydrogen) atoms. The number of carbonyl (C=O) groups excluding carboxylic acids is 2. The van der Waals surface area contributed by atoms with Crippen molar-refractivity contribution in [3.8, 4) is 5.69 Å². The zero-order valence-corrected chi connectivity index (χ0v) is 22.6. The first-order valence-corrected chi connectivity index (χ1v) is 13.8. The minimum atomic E-state index is -0.357. The lowest BCUT2D eigenvalue weighted by atomic mass is 9.87. The monoisotopic (exact) mass is 520 g/mol. The fourth-order valence-corrected chi connectivity index (χ4v) is 6.26. The molecule has 1 aromatic heterocycles. The van der Waals surface area contributed by atoms with Crippen LogP contribution in [0.15, 0.2) is 48.5 Å². The molecule has 1 atom stereocenters. The zero-order valence-electron chi connectivity index (χ0n) is 21.8. The van der Waals surface area contributed by atoms with E-state index in [1.165, 1.54) is 23.9 Å². The molecule has 0 aliphatic carbocycles. The van der Waals surface area contributed by atoms with E-state index in [9.17, 15) is 14.0 Å². The van der Waals surface area contributed by atoms with Crippen LogP contribution in [0.4, 0.5) is 10.2 Å². The van der Waals surface area contributed by atoms with E-state index in [0.29, 0.717) is 5.82 Å². The third kappa shape index (κ3) is 5.04. The second kappa shape index (κ2) is 9.97. The van der Waals surface area contributed by atoms with Crippen LogP contribution in [0.1, 0.15) is 61.2 Å². The number of carbonyl (C=O) groups is 2. The van der Waals surface area contributed by atoms with Gasteiger partial charge in [0.15, 0.2) is 0 Å². The smallest absolute Gasteiger partial charge is 0.242 e. The van der Waals surface area contributed by atoms with Crippen molar-refractivity contribution in [3.05, 3.63) is 76.7 Å². The van der Waals surface area contributed by atoms with Crippen molar-refractivity contribution in [3.63, 3.8) is 0 Å². The quantitative estimate of drug-likeness (QED) is 0.462. The first kappa shape index (κ1) is 25.5. The van der Waals surface area contributed by atoms with Crippen LogP contribution in [-0.2, 0) is 15.0 Å². The number of likely N-dealkylation sites (tertiary alicyclic amines) is 1. The SMILES string of the molecule is Cc1ccc(-n2nc(C(C)(C)C)c3c2N(CC(=O)N2CCCC2)C(=O)CS[C@H]3c2cccc(F)c2)cc1. The molecule has 6 nitrogen and oxygen atoms in total. The van der Waals surface area contributed by atoms with E-state index in [1.807, 2.05) is 46.8 Å². The summed E-state index contributed by atoms with van der Waals surface area (Å²) in [5.41, 5.74) is 4.05. The van der Waals surface area contributed by atoms with Crippen LogP contribution in [0.3, 0.4) is 0 Å². The number of rotatable bonds is 4. The second-order valence-corrected chi connectivity index (χ2v) is 12.0. The fraction of sp³-hybridized carbons (Fsp3) is 0.414. The van der Waals surface area contributed by atoms with E-state index in [2.05, 4.69) is 20.8 Å². The molecule has 0 unspecified atom stereocenters. The lowest BCUT2D eigenvalue weighted by Gasteiger charge is -2.26. The Morgan fingerprint density at radius 1 is 1.11 bits per heavy atom. The van der Waals surface area contributed by atoms with Gasteiger partial charge >= 0.3 is 0 Å². The van der Waals surface area contributed by atoms with Crippen LogP contribution in [0.5, 0.6) is 0 Å². The number of halogens is 1. The molecule has 5 rings (SSSR count). The molecular formula is C29H33FN4O2S. The average molecular weight is 521 g/mol. The fourth-order valence-electron chi connectivity index (χ4n) is 5.07. The topological polar surface area (TPSA) is 58.4 Å². The largest absolute Gasteiger partial charge is 0.341 e. The Kier molecular flexibility index (Phi) is 6.88. The van der Waals surface area contributed by atoms with E-state index >= 15 is 0 Å². The van der Waals surface area contributed by atoms with Gasteiger partial charge in [0, 0.05) is 24.1 Å². The summed E-state index contributed by atoms with van der Waals surface area (Å²) >= 11 is 1.46.